The van der Waals surface area contributed by atoms with Gasteiger partial charge in [-0.25, -0.2) is 0 Å². The molecular formula is C15H32N2. The molecule has 1 fully saturated rings. The average Bonchev–Trinajstić information content (AvgIpc) is 2.74. The number of rotatable bonds is 8. The molecule has 3 atom stereocenters. The summed E-state index contributed by atoms with van der Waals surface area (Å²) in [7, 11) is 2.30. The van der Waals surface area contributed by atoms with Crippen molar-refractivity contribution >= 4 is 0 Å². The van der Waals surface area contributed by atoms with Gasteiger partial charge < -0.3 is 10.2 Å². The second-order valence-corrected chi connectivity index (χ2v) is 5.83. The first kappa shape index (κ1) is 15.0. The molecule has 102 valence electrons. The first-order valence-electron chi connectivity index (χ1n) is 7.62. The normalized spacial score (nSPS) is 26.6. The number of hydrogen-bond acceptors (Lipinski definition) is 2. The Morgan fingerprint density at radius 1 is 1.24 bits per heavy atom. The van der Waals surface area contributed by atoms with Gasteiger partial charge in [-0.3, -0.25) is 0 Å². The van der Waals surface area contributed by atoms with Crippen molar-refractivity contribution in [2.75, 3.05) is 20.1 Å². The van der Waals surface area contributed by atoms with Crippen molar-refractivity contribution in [3.05, 3.63) is 0 Å². The van der Waals surface area contributed by atoms with Gasteiger partial charge in [-0.1, -0.05) is 26.7 Å². The summed E-state index contributed by atoms with van der Waals surface area (Å²) in [5, 5.41) is 3.73. The molecular weight excluding hydrogens is 208 g/mol. The Morgan fingerprint density at radius 3 is 2.65 bits per heavy atom. The highest BCUT2D eigenvalue weighted by molar-refractivity contribution is 4.85. The summed E-state index contributed by atoms with van der Waals surface area (Å²) in [5.41, 5.74) is 0. The van der Waals surface area contributed by atoms with E-state index in [-0.39, 0.29) is 0 Å². The molecule has 0 aromatic heterocycles. The highest BCUT2D eigenvalue weighted by Gasteiger charge is 2.28. The molecule has 0 aromatic rings. The molecule has 1 rings (SSSR count). The van der Waals surface area contributed by atoms with Crippen LogP contribution in [0.1, 0.15) is 59.3 Å². The van der Waals surface area contributed by atoms with E-state index in [1.165, 1.54) is 51.6 Å². The molecule has 0 saturated heterocycles. The van der Waals surface area contributed by atoms with Gasteiger partial charge in [0.05, 0.1) is 0 Å². The Morgan fingerprint density at radius 2 is 2.00 bits per heavy atom. The van der Waals surface area contributed by atoms with E-state index in [9.17, 15) is 0 Å². The van der Waals surface area contributed by atoms with E-state index in [4.69, 9.17) is 0 Å². The molecule has 0 aromatic carbocycles. The van der Waals surface area contributed by atoms with Gasteiger partial charge in [0.2, 0.25) is 0 Å². The Hall–Kier alpha value is -0.0800. The number of nitrogens with zero attached hydrogens (tertiary/aromatic N) is 1. The molecule has 0 aliphatic heterocycles. The molecule has 2 heteroatoms. The zero-order valence-corrected chi connectivity index (χ0v) is 12.3. The smallest absolute Gasteiger partial charge is 0.0107 e. The Kier molecular flexibility index (Phi) is 7.14. The molecule has 0 bridgehead atoms. The second-order valence-electron chi connectivity index (χ2n) is 5.83. The Labute approximate surface area is 108 Å². The maximum atomic E-state index is 3.73. The van der Waals surface area contributed by atoms with Gasteiger partial charge in [0.15, 0.2) is 0 Å². The van der Waals surface area contributed by atoms with Crippen LogP contribution in [0.3, 0.4) is 0 Å². The first-order valence-corrected chi connectivity index (χ1v) is 7.62. The number of nitrogens with one attached hydrogen (secondary N) is 1. The van der Waals surface area contributed by atoms with E-state index in [1.807, 2.05) is 0 Å². The summed E-state index contributed by atoms with van der Waals surface area (Å²) in [5.74, 6) is 0.880. The van der Waals surface area contributed by atoms with E-state index < -0.39 is 0 Å². The van der Waals surface area contributed by atoms with Gasteiger partial charge >= 0.3 is 0 Å². The molecule has 2 nitrogen and oxygen atoms in total. The van der Waals surface area contributed by atoms with Gasteiger partial charge in [0, 0.05) is 18.6 Å². The van der Waals surface area contributed by atoms with E-state index >= 15 is 0 Å². The van der Waals surface area contributed by atoms with E-state index in [0.717, 1.165) is 18.0 Å². The number of hydrogen-bond donors (Lipinski definition) is 1. The molecule has 0 amide bonds. The molecule has 1 N–H and O–H groups in total. The average molecular weight is 240 g/mol. The minimum absolute atomic E-state index is 0.743. The van der Waals surface area contributed by atoms with Crippen molar-refractivity contribution in [3.63, 3.8) is 0 Å². The van der Waals surface area contributed by atoms with E-state index in [1.54, 1.807) is 0 Å². The molecule has 0 spiro atoms. The third-order valence-corrected chi connectivity index (χ3v) is 4.30. The predicted molar refractivity (Wildman–Crippen MR) is 76.4 cm³/mol. The molecule has 0 radical (unpaired) electrons. The van der Waals surface area contributed by atoms with Crippen molar-refractivity contribution < 1.29 is 0 Å². The van der Waals surface area contributed by atoms with Gasteiger partial charge in [-0.2, -0.15) is 0 Å². The lowest BCUT2D eigenvalue weighted by Gasteiger charge is -2.30. The van der Waals surface area contributed by atoms with Crippen LogP contribution < -0.4 is 5.32 Å². The molecule has 1 aliphatic rings. The lowest BCUT2D eigenvalue weighted by atomic mass is 10.0. The summed E-state index contributed by atoms with van der Waals surface area (Å²) in [6.07, 6.45) is 8.11. The van der Waals surface area contributed by atoms with Crippen LogP contribution in [0.2, 0.25) is 0 Å². The SMILES string of the molecule is CCCNC1CCCC1CN(C)C(C)CCC. The maximum Gasteiger partial charge on any atom is 0.0107 e. The fourth-order valence-corrected chi connectivity index (χ4v) is 3.04. The van der Waals surface area contributed by atoms with Gasteiger partial charge in [-0.15, -0.1) is 0 Å². The summed E-state index contributed by atoms with van der Waals surface area (Å²) in [4.78, 5) is 2.57. The van der Waals surface area contributed by atoms with E-state index in [2.05, 4.69) is 38.0 Å². The molecule has 3 unspecified atom stereocenters. The van der Waals surface area contributed by atoms with Gasteiger partial charge in [0.1, 0.15) is 0 Å². The molecule has 1 aliphatic carbocycles. The second kappa shape index (κ2) is 8.10. The zero-order valence-electron chi connectivity index (χ0n) is 12.3. The predicted octanol–water partition coefficient (Wildman–Crippen LogP) is 3.28. The molecule has 17 heavy (non-hydrogen) atoms. The van der Waals surface area contributed by atoms with Gasteiger partial charge in [-0.05, 0) is 52.1 Å². The Balaban J connectivity index is 2.33. The monoisotopic (exact) mass is 240 g/mol. The molecule has 1 saturated carbocycles. The lowest BCUT2D eigenvalue weighted by molar-refractivity contribution is 0.194. The van der Waals surface area contributed by atoms with Crippen LogP contribution in [0.25, 0.3) is 0 Å². The van der Waals surface area contributed by atoms with Crippen molar-refractivity contribution in [3.8, 4) is 0 Å². The zero-order chi connectivity index (χ0) is 12.7. The summed E-state index contributed by atoms with van der Waals surface area (Å²) < 4.78 is 0. The Bertz CT molecular complexity index is 193. The van der Waals surface area contributed by atoms with Gasteiger partial charge in [0.25, 0.3) is 0 Å². The first-order chi connectivity index (χ1) is 8.19. The minimum Gasteiger partial charge on any atom is -0.314 e. The van der Waals surface area contributed by atoms with E-state index in [0.29, 0.717) is 0 Å². The fraction of sp³-hybridized carbons (Fsp3) is 1.00. The van der Waals surface area contributed by atoms with Crippen molar-refractivity contribution in [2.45, 2.75) is 71.4 Å². The van der Waals surface area contributed by atoms with Crippen LogP contribution in [0.4, 0.5) is 0 Å². The highest BCUT2D eigenvalue weighted by Crippen LogP contribution is 2.27. The quantitative estimate of drug-likeness (QED) is 0.700. The van der Waals surface area contributed by atoms with Crippen LogP contribution in [0.5, 0.6) is 0 Å². The minimum atomic E-state index is 0.743. The third-order valence-electron chi connectivity index (χ3n) is 4.30. The summed E-state index contributed by atoms with van der Waals surface area (Å²) in [6, 6.07) is 1.53. The van der Waals surface area contributed by atoms with Crippen molar-refractivity contribution in [1.29, 1.82) is 0 Å². The summed E-state index contributed by atoms with van der Waals surface area (Å²) in [6.45, 7) is 9.38. The molecule has 0 heterocycles. The van der Waals surface area contributed by atoms with Crippen molar-refractivity contribution in [1.82, 2.24) is 10.2 Å². The van der Waals surface area contributed by atoms with Crippen LogP contribution in [-0.4, -0.2) is 37.1 Å². The van der Waals surface area contributed by atoms with Crippen LogP contribution >= 0.6 is 0 Å². The van der Waals surface area contributed by atoms with Crippen LogP contribution in [0, 0.1) is 5.92 Å². The fourth-order valence-electron chi connectivity index (χ4n) is 3.04. The largest absolute Gasteiger partial charge is 0.314 e. The third kappa shape index (κ3) is 4.97. The summed E-state index contributed by atoms with van der Waals surface area (Å²) >= 11 is 0. The van der Waals surface area contributed by atoms with Crippen LogP contribution in [0.15, 0.2) is 0 Å². The highest BCUT2D eigenvalue weighted by atomic mass is 15.1. The van der Waals surface area contributed by atoms with Crippen molar-refractivity contribution in [2.24, 2.45) is 5.92 Å². The standard InChI is InChI=1S/C15H32N2/c1-5-8-13(3)17(4)12-14-9-7-10-15(14)16-11-6-2/h13-16H,5-12H2,1-4H3. The lowest BCUT2D eigenvalue weighted by Crippen LogP contribution is -2.41. The van der Waals surface area contributed by atoms with Crippen LogP contribution in [-0.2, 0) is 0 Å². The topological polar surface area (TPSA) is 15.3 Å². The maximum absolute atomic E-state index is 3.73.